The van der Waals surface area contributed by atoms with Gasteiger partial charge in [0.25, 0.3) is 0 Å². The molecule has 1 aromatic heterocycles. The molecule has 1 unspecified atom stereocenters. The maximum Gasteiger partial charge on any atom is 0.225 e. The van der Waals surface area contributed by atoms with Crippen LogP contribution in [0.25, 0.3) is 0 Å². The predicted octanol–water partition coefficient (Wildman–Crippen LogP) is 1.60. The van der Waals surface area contributed by atoms with E-state index in [0.717, 1.165) is 57.7 Å². The third kappa shape index (κ3) is 4.71. The molecule has 0 spiro atoms. The van der Waals surface area contributed by atoms with Gasteiger partial charge in [0.1, 0.15) is 0 Å². The third-order valence-corrected chi connectivity index (χ3v) is 5.29. The van der Waals surface area contributed by atoms with Crippen molar-refractivity contribution < 1.29 is 9.59 Å². The fourth-order valence-electron chi connectivity index (χ4n) is 3.79. The summed E-state index contributed by atoms with van der Waals surface area (Å²) in [4.78, 5) is 37.4. The van der Waals surface area contributed by atoms with Gasteiger partial charge in [-0.1, -0.05) is 6.92 Å². The van der Waals surface area contributed by atoms with Gasteiger partial charge >= 0.3 is 0 Å². The molecule has 7 nitrogen and oxygen atoms in total. The second-order valence-corrected chi connectivity index (χ2v) is 7.25. The van der Waals surface area contributed by atoms with Crippen molar-refractivity contribution in [3.8, 4) is 0 Å². The number of carbonyl (C=O) groups excluding carboxylic acids is 2. The molecular formula is C19H29N5O2. The predicted molar refractivity (Wildman–Crippen MR) is 99.6 cm³/mol. The Morgan fingerprint density at radius 2 is 1.88 bits per heavy atom. The molecule has 2 aliphatic rings. The van der Waals surface area contributed by atoms with Crippen LogP contribution in [0.1, 0.15) is 45.4 Å². The van der Waals surface area contributed by atoms with Crippen LogP contribution in [-0.4, -0.2) is 58.9 Å². The highest BCUT2D eigenvalue weighted by Crippen LogP contribution is 2.20. The number of nitrogens with one attached hydrogen (secondary N) is 1. The molecule has 0 radical (unpaired) electrons. The molecule has 2 saturated heterocycles. The number of hydrogen-bond donors (Lipinski definition) is 1. The fraction of sp³-hybridized carbons (Fsp3) is 0.684. The van der Waals surface area contributed by atoms with Crippen LogP contribution in [0.3, 0.4) is 0 Å². The maximum atomic E-state index is 12.7. The van der Waals surface area contributed by atoms with Gasteiger partial charge in [-0.25, -0.2) is 9.97 Å². The van der Waals surface area contributed by atoms with E-state index in [1.807, 2.05) is 17.9 Å². The summed E-state index contributed by atoms with van der Waals surface area (Å²) in [6.07, 6.45) is 8.53. The number of anilines is 1. The van der Waals surface area contributed by atoms with Crippen molar-refractivity contribution in [1.82, 2.24) is 20.2 Å². The molecule has 0 saturated carbocycles. The van der Waals surface area contributed by atoms with Gasteiger partial charge in [-0.2, -0.15) is 0 Å². The first-order chi connectivity index (χ1) is 12.7. The zero-order valence-corrected chi connectivity index (χ0v) is 15.6. The summed E-state index contributed by atoms with van der Waals surface area (Å²) in [6, 6.07) is 2.01. The molecule has 1 aromatic rings. The molecular weight excluding hydrogens is 330 g/mol. The van der Waals surface area contributed by atoms with E-state index in [0.29, 0.717) is 13.0 Å². The van der Waals surface area contributed by atoms with Gasteiger partial charge in [0, 0.05) is 51.0 Å². The van der Waals surface area contributed by atoms with Crippen LogP contribution in [0.2, 0.25) is 0 Å². The highest BCUT2D eigenvalue weighted by atomic mass is 16.2. The van der Waals surface area contributed by atoms with E-state index < -0.39 is 0 Å². The van der Waals surface area contributed by atoms with E-state index >= 15 is 0 Å². The summed E-state index contributed by atoms with van der Waals surface area (Å²) in [5, 5.41) is 3.21. The maximum absolute atomic E-state index is 12.7. The van der Waals surface area contributed by atoms with Crippen LogP contribution in [0.15, 0.2) is 18.5 Å². The van der Waals surface area contributed by atoms with Crippen molar-refractivity contribution in [2.75, 3.05) is 31.1 Å². The van der Waals surface area contributed by atoms with Crippen molar-refractivity contribution in [3.05, 3.63) is 18.5 Å². The molecule has 2 aliphatic heterocycles. The average molecular weight is 359 g/mol. The van der Waals surface area contributed by atoms with Gasteiger partial charge in [-0.05, 0) is 38.2 Å². The zero-order chi connectivity index (χ0) is 18.4. The Bertz CT molecular complexity index is 601. The summed E-state index contributed by atoms with van der Waals surface area (Å²) in [5.41, 5.74) is 0. The number of carbonyl (C=O) groups is 2. The molecule has 1 N–H and O–H groups in total. The minimum absolute atomic E-state index is 0.0694. The fourth-order valence-corrected chi connectivity index (χ4v) is 3.79. The number of nitrogens with zero attached hydrogens (tertiary/aromatic N) is 4. The minimum atomic E-state index is -0.0694. The van der Waals surface area contributed by atoms with Crippen LogP contribution < -0.4 is 10.2 Å². The van der Waals surface area contributed by atoms with Gasteiger partial charge in [0.05, 0.1) is 5.92 Å². The number of piperidine rings is 2. The van der Waals surface area contributed by atoms with E-state index in [1.165, 1.54) is 0 Å². The lowest BCUT2D eigenvalue weighted by Gasteiger charge is -2.35. The van der Waals surface area contributed by atoms with E-state index in [1.54, 1.807) is 12.4 Å². The topological polar surface area (TPSA) is 78.4 Å². The van der Waals surface area contributed by atoms with E-state index in [2.05, 4.69) is 20.2 Å². The lowest BCUT2D eigenvalue weighted by Crippen LogP contribution is -2.50. The Labute approximate surface area is 155 Å². The smallest absolute Gasteiger partial charge is 0.225 e. The second kappa shape index (κ2) is 8.96. The van der Waals surface area contributed by atoms with Gasteiger partial charge < -0.3 is 15.1 Å². The Hall–Kier alpha value is -2.18. The van der Waals surface area contributed by atoms with E-state index in [9.17, 15) is 9.59 Å². The number of aromatic nitrogens is 2. The second-order valence-electron chi connectivity index (χ2n) is 7.25. The molecule has 1 atom stereocenters. The van der Waals surface area contributed by atoms with Gasteiger partial charge in [0.2, 0.25) is 17.8 Å². The molecule has 3 heterocycles. The van der Waals surface area contributed by atoms with Crippen molar-refractivity contribution in [3.63, 3.8) is 0 Å². The van der Waals surface area contributed by atoms with Crippen molar-refractivity contribution in [2.45, 2.75) is 51.5 Å². The van der Waals surface area contributed by atoms with Gasteiger partial charge in [-0.3, -0.25) is 9.59 Å². The van der Waals surface area contributed by atoms with Crippen LogP contribution in [0.4, 0.5) is 5.95 Å². The first kappa shape index (κ1) is 18.6. The number of hydrogen-bond acceptors (Lipinski definition) is 5. The summed E-state index contributed by atoms with van der Waals surface area (Å²) in [7, 11) is 0. The number of amides is 2. The molecule has 7 heteroatoms. The van der Waals surface area contributed by atoms with Crippen LogP contribution >= 0.6 is 0 Å². The molecule has 3 rings (SSSR count). The molecule has 26 heavy (non-hydrogen) atoms. The highest BCUT2D eigenvalue weighted by molar-refractivity contribution is 5.81. The van der Waals surface area contributed by atoms with Crippen LogP contribution in [0, 0.1) is 5.92 Å². The van der Waals surface area contributed by atoms with Gasteiger partial charge in [-0.15, -0.1) is 0 Å². The number of rotatable bonds is 5. The summed E-state index contributed by atoms with van der Waals surface area (Å²) >= 11 is 0. The third-order valence-electron chi connectivity index (χ3n) is 5.29. The summed E-state index contributed by atoms with van der Waals surface area (Å²) in [6.45, 7) is 5.07. The van der Waals surface area contributed by atoms with Gasteiger partial charge in [0.15, 0.2) is 0 Å². The monoisotopic (exact) mass is 359 g/mol. The highest BCUT2D eigenvalue weighted by Gasteiger charge is 2.30. The zero-order valence-electron chi connectivity index (χ0n) is 15.6. The Kier molecular flexibility index (Phi) is 6.41. The van der Waals surface area contributed by atoms with Crippen LogP contribution in [0.5, 0.6) is 0 Å². The molecule has 0 aromatic carbocycles. The van der Waals surface area contributed by atoms with E-state index in [-0.39, 0.29) is 23.8 Å². The average Bonchev–Trinajstić information content (AvgIpc) is 2.69. The van der Waals surface area contributed by atoms with E-state index in [4.69, 9.17) is 0 Å². The SMILES string of the molecule is CCCC(=O)N1CCCC(C(=O)NC2CCN(c3ncccn3)CC2)C1. The summed E-state index contributed by atoms with van der Waals surface area (Å²) < 4.78 is 0. The normalized spacial score (nSPS) is 21.5. The molecule has 0 bridgehead atoms. The molecule has 0 aliphatic carbocycles. The van der Waals surface area contributed by atoms with Crippen molar-refractivity contribution in [2.24, 2.45) is 5.92 Å². The van der Waals surface area contributed by atoms with Crippen molar-refractivity contribution in [1.29, 1.82) is 0 Å². The standard InChI is InChI=1S/C19H29N5O2/c1-2-5-17(25)24-11-3-6-15(14-24)18(26)22-16-7-12-23(13-8-16)19-20-9-4-10-21-19/h4,9-10,15-16H,2-3,5-8,11-14H2,1H3,(H,22,26). The minimum Gasteiger partial charge on any atom is -0.353 e. The lowest BCUT2D eigenvalue weighted by atomic mass is 9.95. The molecule has 142 valence electrons. The molecule has 2 fully saturated rings. The Morgan fingerprint density at radius 3 is 2.58 bits per heavy atom. The molecule has 2 amide bonds. The quantitative estimate of drug-likeness (QED) is 0.864. The largest absolute Gasteiger partial charge is 0.353 e. The summed E-state index contributed by atoms with van der Waals surface area (Å²) in [5.74, 6) is 0.976. The Morgan fingerprint density at radius 1 is 1.15 bits per heavy atom. The first-order valence-electron chi connectivity index (χ1n) is 9.77. The number of likely N-dealkylation sites (tertiary alicyclic amines) is 1. The van der Waals surface area contributed by atoms with Crippen molar-refractivity contribution >= 4 is 17.8 Å². The van der Waals surface area contributed by atoms with Crippen LogP contribution in [-0.2, 0) is 9.59 Å². The first-order valence-corrected chi connectivity index (χ1v) is 9.77. The Balaban J connectivity index is 1.46. The lowest BCUT2D eigenvalue weighted by molar-refractivity contribution is -0.136.